The molecule has 1 aliphatic carbocycles. The molecule has 1 atom stereocenters. The standard InChI is InChI=1S/C13H23N3O2S/c1-5-16-9-11(6-10(16)8-14-4)19(17,18)15-12-7-13(12,2)3/h6,9,12,14-15H,5,7-8H2,1-4H3. The van der Waals surface area contributed by atoms with Crippen LogP contribution in [-0.4, -0.2) is 26.1 Å². The minimum absolute atomic E-state index is 0.0650. The average Bonchev–Trinajstić information content (AvgIpc) is 2.75. The van der Waals surface area contributed by atoms with E-state index in [0.29, 0.717) is 11.4 Å². The number of nitrogens with zero attached hydrogens (tertiary/aromatic N) is 1. The molecule has 1 aromatic rings. The van der Waals surface area contributed by atoms with Crippen molar-refractivity contribution < 1.29 is 8.42 Å². The number of sulfonamides is 1. The van der Waals surface area contributed by atoms with E-state index in [-0.39, 0.29) is 11.5 Å². The van der Waals surface area contributed by atoms with Crippen LogP contribution in [0, 0.1) is 5.41 Å². The lowest BCUT2D eigenvalue weighted by atomic mass is 10.2. The molecule has 0 amide bonds. The van der Waals surface area contributed by atoms with E-state index in [1.807, 2.05) is 18.5 Å². The van der Waals surface area contributed by atoms with Gasteiger partial charge < -0.3 is 9.88 Å². The predicted octanol–water partition coefficient (Wildman–Crippen LogP) is 1.30. The van der Waals surface area contributed by atoms with Crippen LogP contribution in [0.4, 0.5) is 0 Å². The maximum absolute atomic E-state index is 12.3. The van der Waals surface area contributed by atoms with E-state index in [0.717, 1.165) is 18.7 Å². The molecule has 1 aliphatic rings. The van der Waals surface area contributed by atoms with Gasteiger partial charge in [0.15, 0.2) is 0 Å². The fraction of sp³-hybridized carbons (Fsp3) is 0.692. The summed E-state index contributed by atoms with van der Waals surface area (Å²) >= 11 is 0. The molecule has 1 heterocycles. The molecule has 1 unspecified atom stereocenters. The summed E-state index contributed by atoms with van der Waals surface area (Å²) in [7, 11) is -1.54. The molecule has 0 aliphatic heterocycles. The Morgan fingerprint density at radius 1 is 1.47 bits per heavy atom. The van der Waals surface area contributed by atoms with Crippen LogP contribution in [0.3, 0.4) is 0 Å². The summed E-state index contributed by atoms with van der Waals surface area (Å²) in [5.74, 6) is 0. The van der Waals surface area contributed by atoms with Crippen molar-refractivity contribution in [3.63, 3.8) is 0 Å². The number of aromatic nitrogens is 1. The Morgan fingerprint density at radius 2 is 2.11 bits per heavy atom. The summed E-state index contributed by atoms with van der Waals surface area (Å²) in [4.78, 5) is 0.363. The van der Waals surface area contributed by atoms with Gasteiger partial charge in [-0.2, -0.15) is 0 Å². The fourth-order valence-electron chi connectivity index (χ4n) is 2.22. The van der Waals surface area contributed by atoms with Gasteiger partial charge in [-0.15, -0.1) is 0 Å². The molecule has 1 fully saturated rings. The smallest absolute Gasteiger partial charge is 0.242 e. The molecule has 0 radical (unpaired) electrons. The van der Waals surface area contributed by atoms with Crippen molar-refractivity contribution in [3.8, 4) is 0 Å². The second-order valence-corrected chi connectivity index (χ2v) is 7.56. The van der Waals surface area contributed by atoms with E-state index in [9.17, 15) is 8.42 Å². The molecule has 2 N–H and O–H groups in total. The third kappa shape index (κ3) is 3.01. The third-order valence-electron chi connectivity index (χ3n) is 3.78. The first kappa shape index (κ1) is 14.6. The highest BCUT2D eigenvalue weighted by Crippen LogP contribution is 2.45. The predicted molar refractivity (Wildman–Crippen MR) is 75.4 cm³/mol. The average molecular weight is 285 g/mol. The summed E-state index contributed by atoms with van der Waals surface area (Å²) in [5, 5.41) is 3.05. The van der Waals surface area contributed by atoms with Crippen LogP contribution in [0.2, 0.25) is 0 Å². The Morgan fingerprint density at radius 3 is 2.58 bits per heavy atom. The zero-order valence-electron chi connectivity index (χ0n) is 12.0. The van der Waals surface area contributed by atoms with E-state index >= 15 is 0 Å². The molecule has 1 aromatic heterocycles. The molecule has 0 bridgehead atoms. The highest BCUT2D eigenvalue weighted by Gasteiger charge is 2.48. The van der Waals surface area contributed by atoms with E-state index in [1.54, 1.807) is 12.3 Å². The lowest BCUT2D eigenvalue weighted by Crippen LogP contribution is -2.28. The molecule has 2 rings (SSSR count). The molecule has 108 valence electrons. The summed E-state index contributed by atoms with van der Waals surface area (Å²) in [6, 6.07) is 1.81. The van der Waals surface area contributed by atoms with Gasteiger partial charge in [0.05, 0.1) is 4.90 Å². The Kier molecular flexibility index (Phi) is 3.77. The van der Waals surface area contributed by atoms with E-state index < -0.39 is 10.0 Å². The second-order valence-electron chi connectivity index (χ2n) is 5.85. The number of nitrogens with one attached hydrogen (secondary N) is 2. The maximum atomic E-state index is 12.3. The van der Waals surface area contributed by atoms with Crippen molar-refractivity contribution in [3.05, 3.63) is 18.0 Å². The number of rotatable bonds is 6. The Balaban J connectivity index is 2.21. The van der Waals surface area contributed by atoms with Gasteiger partial charge in [-0.3, -0.25) is 0 Å². The SMILES string of the molecule is CCn1cc(S(=O)(=O)NC2CC2(C)C)cc1CNC. The minimum atomic E-state index is -3.40. The molecule has 0 aromatic carbocycles. The monoisotopic (exact) mass is 285 g/mol. The van der Waals surface area contributed by atoms with Crippen molar-refractivity contribution >= 4 is 10.0 Å². The molecule has 1 saturated carbocycles. The zero-order chi connectivity index (χ0) is 14.3. The molecule has 0 spiro atoms. The molecule has 6 heteroatoms. The van der Waals surface area contributed by atoms with Crippen LogP contribution >= 0.6 is 0 Å². The van der Waals surface area contributed by atoms with Crippen LogP contribution < -0.4 is 10.0 Å². The highest BCUT2D eigenvalue weighted by atomic mass is 32.2. The van der Waals surface area contributed by atoms with Crippen LogP contribution in [0.15, 0.2) is 17.2 Å². The third-order valence-corrected chi connectivity index (χ3v) is 5.22. The number of hydrogen-bond donors (Lipinski definition) is 2. The Hall–Kier alpha value is -0.850. The summed E-state index contributed by atoms with van der Waals surface area (Å²) in [6.07, 6.45) is 2.62. The van der Waals surface area contributed by atoms with Gasteiger partial charge in [0.2, 0.25) is 10.0 Å². The van der Waals surface area contributed by atoms with Gasteiger partial charge in [-0.25, -0.2) is 13.1 Å². The van der Waals surface area contributed by atoms with Gasteiger partial charge in [0.25, 0.3) is 0 Å². The second kappa shape index (κ2) is 4.92. The van der Waals surface area contributed by atoms with Gasteiger partial charge in [0, 0.05) is 31.0 Å². The summed E-state index contributed by atoms with van der Waals surface area (Å²) in [5.41, 5.74) is 1.08. The molecule has 19 heavy (non-hydrogen) atoms. The van der Waals surface area contributed by atoms with Gasteiger partial charge in [0.1, 0.15) is 0 Å². The van der Waals surface area contributed by atoms with E-state index in [1.165, 1.54) is 0 Å². The van der Waals surface area contributed by atoms with Crippen LogP contribution in [-0.2, 0) is 23.1 Å². The van der Waals surface area contributed by atoms with Crippen molar-refractivity contribution in [2.45, 2.75) is 51.2 Å². The highest BCUT2D eigenvalue weighted by molar-refractivity contribution is 7.89. The number of hydrogen-bond acceptors (Lipinski definition) is 3. The first-order valence-corrected chi connectivity index (χ1v) is 8.14. The first-order chi connectivity index (χ1) is 8.80. The van der Waals surface area contributed by atoms with Gasteiger partial charge >= 0.3 is 0 Å². The normalized spacial score (nSPS) is 21.6. The lowest BCUT2D eigenvalue weighted by molar-refractivity contribution is 0.554. The summed E-state index contributed by atoms with van der Waals surface area (Å²) in [6.45, 7) is 7.58. The minimum Gasteiger partial charge on any atom is -0.349 e. The van der Waals surface area contributed by atoms with E-state index in [4.69, 9.17) is 0 Å². The summed E-state index contributed by atoms with van der Waals surface area (Å²) < 4.78 is 29.4. The van der Waals surface area contributed by atoms with E-state index in [2.05, 4.69) is 23.9 Å². The van der Waals surface area contributed by atoms with Crippen molar-refractivity contribution in [1.29, 1.82) is 0 Å². The molecular weight excluding hydrogens is 262 g/mol. The largest absolute Gasteiger partial charge is 0.349 e. The molecular formula is C13H23N3O2S. The fourth-order valence-corrected chi connectivity index (χ4v) is 3.69. The quantitative estimate of drug-likeness (QED) is 0.828. The van der Waals surface area contributed by atoms with Gasteiger partial charge in [-0.05, 0) is 31.9 Å². The maximum Gasteiger partial charge on any atom is 0.242 e. The van der Waals surface area contributed by atoms with Crippen LogP contribution in [0.25, 0.3) is 0 Å². The first-order valence-electron chi connectivity index (χ1n) is 6.66. The van der Waals surface area contributed by atoms with Crippen LogP contribution in [0.5, 0.6) is 0 Å². The van der Waals surface area contributed by atoms with Crippen molar-refractivity contribution in [2.75, 3.05) is 7.05 Å². The van der Waals surface area contributed by atoms with Gasteiger partial charge in [-0.1, -0.05) is 13.8 Å². The van der Waals surface area contributed by atoms with Crippen molar-refractivity contribution in [2.24, 2.45) is 5.41 Å². The Labute approximate surface area is 115 Å². The van der Waals surface area contributed by atoms with Crippen molar-refractivity contribution in [1.82, 2.24) is 14.6 Å². The lowest BCUT2D eigenvalue weighted by Gasteiger charge is -2.06. The molecule has 5 nitrogen and oxygen atoms in total. The topological polar surface area (TPSA) is 63.1 Å². The Bertz CT molecular complexity index is 560. The number of aryl methyl sites for hydroxylation is 1. The molecule has 0 saturated heterocycles. The van der Waals surface area contributed by atoms with Crippen LogP contribution in [0.1, 0.15) is 32.9 Å². The zero-order valence-corrected chi connectivity index (χ0v) is 12.8.